The predicted molar refractivity (Wildman–Crippen MR) is 108 cm³/mol. The standard InChI is InChI=1S/C21H20F6N4O5/c22-20(23,24)18(33)36-30-9-15-8-16(29-12-28-15)35-10-13-3-1-4-14(7-13)17(32)31-6-2-5-19(34,11-31)21(25,26)27/h1,3-4,7-8,12,30,34H,2,5-6,9-11H2/t19-/m0/s1. The second-order valence-corrected chi connectivity index (χ2v) is 7.90. The number of carbonyl (C=O) groups excluding carboxylic acids is 2. The van der Waals surface area contributed by atoms with Crippen molar-refractivity contribution in [3.05, 3.63) is 53.5 Å². The molecule has 0 aliphatic carbocycles. The van der Waals surface area contributed by atoms with Gasteiger partial charge in [-0.1, -0.05) is 12.1 Å². The summed E-state index contributed by atoms with van der Waals surface area (Å²) in [6.07, 6.45) is -9.46. The Morgan fingerprint density at radius 3 is 2.58 bits per heavy atom. The number of nitrogens with zero attached hydrogens (tertiary/aromatic N) is 3. The monoisotopic (exact) mass is 522 g/mol. The van der Waals surface area contributed by atoms with Crippen LogP contribution in [-0.4, -0.2) is 62.9 Å². The van der Waals surface area contributed by atoms with Crippen LogP contribution in [0.1, 0.15) is 34.5 Å². The van der Waals surface area contributed by atoms with E-state index < -0.39 is 42.8 Å². The van der Waals surface area contributed by atoms with Crippen LogP contribution in [0.2, 0.25) is 0 Å². The van der Waals surface area contributed by atoms with Gasteiger partial charge >= 0.3 is 18.3 Å². The highest BCUT2D eigenvalue weighted by atomic mass is 19.4. The Kier molecular flexibility index (Phi) is 8.03. The Bertz CT molecular complexity index is 1100. The SMILES string of the molecule is O=C(c1cccc(COc2cc(CNOC(=O)C(F)(F)F)ncn2)c1)N1CCC[C@@](O)(C(F)(F)F)C1. The zero-order valence-electron chi connectivity index (χ0n) is 18.4. The van der Waals surface area contributed by atoms with Gasteiger partial charge in [0.05, 0.1) is 18.8 Å². The Balaban J connectivity index is 1.58. The molecule has 1 aliphatic rings. The summed E-state index contributed by atoms with van der Waals surface area (Å²) in [5.74, 6) is -3.08. The van der Waals surface area contributed by atoms with E-state index in [2.05, 4.69) is 14.8 Å². The van der Waals surface area contributed by atoms with Gasteiger partial charge < -0.3 is 19.6 Å². The number of likely N-dealkylation sites (tertiary alicyclic amines) is 1. The predicted octanol–water partition coefficient (Wildman–Crippen LogP) is 2.70. The number of β-amino-alcohol motifs (C(OH)–C–C–N with tert-alkyl or cyclic N) is 1. The van der Waals surface area contributed by atoms with E-state index in [-0.39, 0.29) is 43.3 Å². The molecule has 15 heteroatoms. The molecule has 0 bridgehead atoms. The van der Waals surface area contributed by atoms with Gasteiger partial charge in [-0.3, -0.25) is 4.79 Å². The maximum atomic E-state index is 13.2. The number of carbonyl (C=O) groups is 2. The third-order valence-electron chi connectivity index (χ3n) is 5.19. The quantitative estimate of drug-likeness (QED) is 0.422. The van der Waals surface area contributed by atoms with Gasteiger partial charge in [0.2, 0.25) is 5.88 Å². The Morgan fingerprint density at radius 1 is 1.14 bits per heavy atom. The first-order valence-corrected chi connectivity index (χ1v) is 10.4. The lowest BCUT2D eigenvalue weighted by molar-refractivity contribution is -0.271. The van der Waals surface area contributed by atoms with Crippen LogP contribution in [0.3, 0.4) is 0 Å². The minimum Gasteiger partial charge on any atom is -0.473 e. The number of amides is 1. The van der Waals surface area contributed by atoms with E-state index in [0.717, 1.165) is 11.2 Å². The number of hydrogen-bond donors (Lipinski definition) is 2. The second kappa shape index (κ2) is 10.7. The molecule has 2 N–H and O–H groups in total. The van der Waals surface area contributed by atoms with Crippen LogP contribution >= 0.6 is 0 Å². The highest BCUT2D eigenvalue weighted by Gasteiger charge is 2.56. The zero-order valence-corrected chi connectivity index (χ0v) is 18.4. The minimum absolute atomic E-state index is 0.00907. The number of hydroxylamine groups is 1. The van der Waals surface area contributed by atoms with Gasteiger partial charge in [0.15, 0.2) is 5.60 Å². The average Bonchev–Trinajstić information content (AvgIpc) is 2.81. The summed E-state index contributed by atoms with van der Waals surface area (Å²) in [5, 5.41) is 9.95. The van der Waals surface area contributed by atoms with E-state index in [0.29, 0.717) is 5.56 Å². The average molecular weight is 522 g/mol. The molecule has 0 spiro atoms. The number of aromatic nitrogens is 2. The molecule has 1 aliphatic heterocycles. The molecule has 0 saturated carbocycles. The van der Waals surface area contributed by atoms with Crippen LogP contribution in [0.4, 0.5) is 26.3 Å². The molecule has 1 amide bonds. The van der Waals surface area contributed by atoms with Crippen LogP contribution in [-0.2, 0) is 22.8 Å². The molecule has 3 rings (SSSR count). The maximum absolute atomic E-state index is 13.2. The van der Waals surface area contributed by atoms with E-state index in [1.807, 2.05) is 5.48 Å². The van der Waals surface area contributed by atoms with Crippen molar-refractivity contribution >= 4 is 11.9 Å². The summed E-state index contributed by atoms with van der Waals surface area (Å²) in [7, 11) is 0. The lowest BCUT2D eigenvalue weighted by Crippen LogP contribution is -2.58. The summed E-state index contributed by atoms with van der Waals surface area (Å²) in [6, 6.07) is 7.22. The summed E-state index contributed by atoms with van der Waals surface area (Å²) < 4.78 is 81.4. The number of aliphatic hydroxyl groups is 1. The maximum Gasteiger partial charge on any atom is 0.492 e. The van der Waals surface area contributed by atoms with Crippen molar-refractivity contribution in [3.8, 4) is 5.88 Å². The molecule has 0 unspecified atom stereocenters. The van der Waals surface area contributed by atoms with Gasteiger partial charge in [0.25, 0.3) is 5.91 Å². The molecule has 2 aromatic rings. The number of rotatable bonds is 7. The lowest BCUT2D eigenvalue weighted by atomic mass is 9.91. The van der Waals surface area contributed by atoms with Crippen molar-refractivity contribution in [2.24, 2.45) is 0 Å². The van der Waals surface area contributed by atoms with E-state index in [9.17, 15) is 41.0 Å². The van der Waals surface area contributed by atoms with Crippen molar-refractivity contribution in [2.75, 3.05) is 13.1 Å². The van der Waals surface area contributed by atoms with Gasteiger partial charge in [-0.25, -0.2) is 14.8 Å². The fourth-order valence-corrected chi connectivity index (χ4v) is 3.36. The van der Waals surface area contributed by atoms with Crippen molar-refractivity contribution in [3.63, 3.8) is 0 Å². The minimum atomic E-state index is -5.16. The Morgan fingerprint density at radius 2 is 1.89 bits per heavy atom. The van der Waals surface area contributed by atoms with Gasteiger partial charge in [-0.2, -0.15) is 26.3 Å². The number of piperidine rings is 1. The highest BCUT2D eigenvalue weighted by molar-refractivity contribution is 5.94. The smallest absolute Gasteiger partial charge is 0.473 e. The summed E-state index contributed by atoms with van der Waals surface area (Å²) in [4.78, 5) is 35.9. The lowest BCUT2D eigenvalue weighted by Gasteiger charge is -2.40. The number of halogens is 6. The zero-order chi connectivity index (χ0) is 26.6. The molecule has 2 heterocycles. The first-order valence-electron chi connectivity index (χ1n) is 10.4. The van der Waals surface area contributed by atoms with Crippen molar-refractivity contribution in [1.29, 1.82) is 0 Å². The number of nitrogens with one attached hydrogen (secondary N) is 1. The first-order chi connectivity index (χ1) is 16.8. The fourth-order valence-electron chi connectivity index (χ4n) is 3.36. The van der Waals surface area contributed by atoms with Crippen LogP contribution < -0.4 is 10.2 Å². The molecule has 9 nitrogen and oxygen atoms in total. The summed E-state index contributed by atoms with van der Waals surface area (Å²) >= 11 is 0. The van der Waals surface area contributed by atoms with E-state index in [4.69, 9.17) is 4.74 Å². The first kappa shape index (κ1) is 27.1. The highest BCUT2D eigenvalue weighted by Crippen LogP contribution is 2.37. The van der Waals surface area contributed by atoms with Crippen LogP contribution in [0.5, 0.6) is 5.88 Å². The normalized spacial score (nSPS) is 18.6. The molecule has 1 atom stereocenters. The molecule has 0 radical (unpaired) electrons. The van der Waals surface area contributed by atoms with Crippen LogP contribution in [0.15, 0.2) is 36.7 Å². The number of benzene rings is 1. The van der Waals surface area contributed by atoms with E-state index in [1.165, 1.54) is 24.3 Å². The molecule has 1 aromatic carbocycles. The molecule has 1 saturated heterocycles. The van der Waals surface area contributed by atoms with Gasteiger partial charge in [0.1, 0.15) is 12.9 Å². The molecule has 1 aromatic heterocycles. The van der Waals surface area contributed by atoms with Gasteiger partial charge in [-0.15, -0.1) is 5.48 Å². The number of ether oxygens (including phenoxy) is 1. The molecule has 36 heavy (non-hydrogen) atoms. The fraction of sp³-hybridized carbons (Fsp3) is 0.429. The largest absolute Gasteiger partial charge is 0.492 e. The van der Waals surface area contributed by atoms with Gasteiger partial charge in [-0.05, 0) is 30.5 Å². The van der Waals surface area contributed by atoms with Gasteiger partial charge in [0, 0.05) is 18.2 Å². The van der Waals surface area contributed by atoms with Crippen molar-refractivity contribution in [1.82, 2.24) is 20.3 Å². The van der Waals surface area contributed by atoms with Crippen LogP contribution in [0, 0.1) is 0 Å². The number of hydrogen-bond acceptors (Lipinski definition) is 8. The summed E-state index contributed by atoms with van der Waals surface area (Å²) in [5.41, 5.74) is -0.425. The van der Waals surface area contributed by atoms with E-state index >= 15 is 0 Å². The molecule has 196 valence electrons. The van der Waals surface area contributed by atoms with E-state index in [1.54, 1.807) is 6.07 Å². The Labute approximate surface area is 200 Å². The third-order valence-corrected chi connectivity index (χ3v) is 5.19. The third kappa shape index (κ3) is 6.81. The molecular weight excluding hydrogens is 502 g/mol. The van der Waals surface area contributed by atoms with Crippen molar-refractivity contribution < 1.29 is 50.6 Å². The number of alkyl halides is 6. The molecule has 1 fully saturated rings. The topological polar surface area (TPSA) is 114 Å². The Hall–Kier alpha value is -3.46. The van der Waals surface area contributed by atoms with Crippen molar-refractivity contribution in [2.45, 2.75) is 43.9 Å². The second-order valence-electron chi connectivity index (χ2n) is 7.90. The van der Waals surface area contributed by atoms with Crippen LogP contribution in [0.25, 0.3) is 0 Å². The summed E-state index contributed by atoms with van der Waals surface area (Å²) in [6.45, 7) is -1.29. The molecular formula is C21H20F6N4O5.